The van der Waals surface area contributed by atoms with Crippen LogP contribution in [0.15, 0.2) is 103 Å². The molecule has 0 bridgehead atoms. The molecule has 6 aromatic rings. The Hall–Kier alpha value is -4.64. The number of hydrogen-bond donors (Lipinski definition) is 0. The lowest BCUT2D eigenvalue weighted by molar-refractivity contribution is 0.605. The van der Waals surface area contributed by atoms with Crippen molar-refractivity contribution in [3.63, 3.8) is 0 Å². The van der Waals surface area contributed by atoms with Gasteiger partial charge in [0.05, 0.1) is 11.4 Å². The summed E-state index contributed by atoms with van der Waals surface area (Å²) in [5.74, 6) is 1.48. The normalized spacial score (nSPS) is 15.6. The zero-order valence-electron chi connectivity index (χ0n) is 47.9. The summed E-state index contributed by atoms with van der Waals surface area (Å²) >= 11 is 3.95. The van der Waals surface area contributed by atoms with Crippen LogP contribution in [-0.2, 0) is 25.7 Å². The lowest BCUT2D eigenvalue weighted by atomic mass is 9.76. The SMILES string of the molecule is CCCCCCCCc1cc(-c2cc(-c3cc(CCCCCCCC)c(-c4cc5sc(C)cc5s4)cc3CCCCCCCC)nc(C3=CC4c5ccccc5C5=CC=CC(=C3)C54)n2)c(CCCCCCCC)cc1C. The minimum absolute atomic E-state index is 0.264. The third kappa shape index (κ3) is 14.0. The van der Waals surface area contributed by atoms with Crippen molar-refractivity contribution >= 4 is 43.2 Å². The minimum Gasteiger partial charge on any atom is -0.228 e. The van der Waals surface area contributed by atoms with Crippen LogP contribution >= 0.6 is 22.7 Å². The molecule has 0 saturated carbocycles. The van der Waals surface area contributed by atoms with Crippen molar-refractivity contribution in [1.29, 1.82) is 0 Å². The fourth-order valence-electron chi connectivity index (χ4n) is 12.8. The van der Waals surface area contributed by atoms with Gasteiger partial charge in [-0.1, -0.05) is 211 Å². The van der Waals surface area contributed by atoms with E-state index in [0.717, 1.165) is 48.5 Å². The molecule has 76 heavy (non-hydrogen) atoms. The second-order valence-electron chi connectivity index (χ2n) is 23.2. The number of aryl methyl sites for hydroxylation is 6. The van der Waals surface area contributed by atoms with E-state index in [4.69, 9.17) is 9.97 Å². The van der Waals surface area contributed by atoms with E-state index in [1.54, 1.807) is 0 Å². The largest absolute Gasteiger partial charge is 0.228 e. The van der Waals surface area contributed by atoms with Gasteiger partial charge in [0.25, 0.3) is 0 Å². The molecule has 0 aliphatic heterocycles. The first-order valence-corrected chi connectivity index (χ1v) is 32.6. The molecular weight excluding hydrogens is 957 g/mol. The smallest absolute Gasteiger partial charge is 0.160 e. The molecule has 402 valence electrons. The van der Waals surface area contributed by atoms with E-state index in [1.807, 2.05) is 22.7 Å². The number of rotatable bonds is 32. The van der Waals surface area contributed by atoms with Crippen LogP contribution in [0.25, 0.3) is 53.5 Å². The Balaban J connectivity index is 1.21. The predicted octanol–water partition coefficient (Wildman–Crippen LogP) is 22.7. The molecule has 3 aromatic carbocycles. The molecule has 0 saturated heterocycles. The van der Waals surface area contributed by atoms with E-state index in [0.29, 0.717) is 5.92 Å². The maximum Gasteiger partial charge on any atom is 0.160 e. The molecule has 0 spiro atoms. The van der Waals surface area contributed by atoms with Gasteiger partial charge in [0.2, 0.25) is 0 Å². The molecule has 2 unspecified atom stereocenters. The average Bonchev–Trinajstić information content (AvgIpc) is 4.13. The van der Waals surface area contributed by atoms with Crippen molar-refractivity contribution in [1.82, 2.24) is 9.97 Å². The monoisotopic (exact) mass is 1050 g/mol. The van der Waals surface area contributed by atoms with Gasteiger partial charge in [-0.3, -0.25) is 0 Å². The molecule has 0 fully saturated rings. The third-order valence-electron chi connectivity index (χ3n) is 17.2. The lowest BCUT2D eigenvalue weighted by Gasteiger charge is -2.27. The molecule has 0 N–H and O–H groups in total. The fourth-order valence-corrected chi connectivity index (χ4v) is 15.2. The number of nitrogens with zero attached hydrogens (tertiary/aromatic N) is 2. The quantitative estimate of drug-likeness (QED) is 0.0394. The molecule has 0 radical (unpaired) electrons. The van der Waals surface area contributed by atoms with Gasteiger partial charge in [0.1, 0.15) is 0 Å². The van der Waals surface area contributed by atoms with E-state index in [1.165, 1.54) is 240 Å². The summed E-state index contributed by atoms with van der Waals surface area (Å²) in [6, 6.07) is 27.0. The van der Waals surface area contributed by atoms with Gasteiger partial charge in [-0.25, -0.2) is 9.97 Å². The Labute approximate surface area is 468 Å². The Bertz CT molecular complexity index is 2950. The van der Waals surface area contributed by atoms with Gasteiger partial charge in [0, 0.05) is 47.7 Å². The Morgan fingerprint density at radius 2 is 0.974 bits per heavy atom. The van der Waals surface area contributed by atoms with E-state index < -0.39 is 0 Å². The Morgan fingerprint density at radius 1 is 0.474 bits per heavy atom. The maximum atomic E-state index is 5.87. The van der Waals surface area contributed by atoms with Gasteiger partial charge < -0.3 is 0 Å². The molecule has 3 heterocycles. The van der Waals surface area contributed by atoms with Crippen LogP contribution < -0.4 is 0 Å². The highest BCUT2D eigenvalue weighted by atomic mass is 32.1. The first-order chi connectivity index (χ1) is 37.4. The van der Waals surface area contributed by atoms with Crippen LogP contribution in [0.3, 0.4) is 0 Å². The van der Waals surface area contributed by atoms with Crippen LogP contribution in [0.4, 0.5) is 0 Å². The number of unbranched alkanes of at least 4 members (excludes halogenated alkanes) is 20. The first kappa shape index (κ1) is 56.1. The summed E-state index contributed by atoms with van der Waals surface area (Å²) in [6.45, 7) is 13.9. The molecule has 3 aliphatic rings. The summed E-state index contributed by atoms with van der Waals surface area (Å²) in [7, 11) is 0. The van der Waals surface area contributed by atoms with Crippen molar-refractivity contribution in [3.8, 4) is 33.0 Å². The van der Waals surface area contributed by atoms with E-state index in [9.17, 15) is 0 Å². The third-order valence-corrected chi connectivity index (χ3v) is 19.4. The van der Waals surface area contributed by atoms with Gasteiger partial charge >= 0.3 is 0 Å². The highest BCUT2D eigenvalue weighted by Crippen LogP contribution is 2.55. The standard InChI is InChI=1S/C72H92N2S2/c1-7-11-15-19-23-27-34-53-45-62(54(42-51(53)5)35-28-24-20-16-12-8-2)66-49-67(74-72(73-66)58-44-57-38-33-41-61-59-39-31-32-40-60(59)65(48-58)71(57)61)63-46-56(37-30-26-22-18-14-10-4)64(47-55(63)36-29-25-21-17-13-9-3)68-50-70-69(76-68)43-52(6)75-70/h31-33,38-50,65,71H,7-30,34-37H2,1-6H3. The molecule has 0 amide bonds. The first-order valence-electron chi connectivity index (χ1n) is 31.0. The molecule has 3 aliphatic carbocycles. The van der Waals surface area contributed by atoms with Gasteiger partial charge in [-0.2, -0.15) is 0 Å². The fraction of sp³-hybridized carbons (Fsp3) is 0.500. The number of aromatic nitrogens is 2. The number of thiophene rings is 2. The van der Waals surface area contributed by atoms with Crippen LogP contribution in [0.1, 0.15) is 237 Å². The Morgan fingerprint density at radius 3 is 1.57 bits per heavy atom. The highest BCUT2D eigenvalue weighted by molar-refractivity contribution is 7.29. The van der Waals surface area contributed by atoms with E-state index in [-0.39, 0.29) is 5.92 Å². The second kappa shape index (κ2) is 28.3. The van der Waals surface area contributed by atoms with Crippen molar-refractivity contribution in [2.24, 2.45) is 5.92 Å². The van der Waals surface area contributed by atoms with Crippen molar-refractivity contribution in [3.05, 3.63) is 152 Å². The number of hydrogen-bond acceptors (Lipinski definition) is 4. The van der Waals surface area contributed by atoms with E-state index >= 15 is 0 Å². The zero-order valence-corrected chi connectivity index (χ0v) is 49.5. The summed E-state index contributed by atoms with van der Waals surface area (Å²) in [4.78, 5) is 14.5. The van der Waals surface area contributed by atoms with Gasteiger partial charge in [0.15, 0.2) is 5.82 Å². The van der Waals surface area contributed by atoms with Gasteiger partial charge in [-0.05, 0) is 163 Å². The average molecular weight is 1050 g/mol. The highest BCUT2D eigenvalue weighted by Gasteiger charge is 2.40. The van der Waals surface area contributed by atoms with Crippen molar-refractivity contribution in [2.75, 3.05) is 0 Å². The van der Waals surface area contributed by atoms with Crippen LogP contribution in [0, 0.1) is 19.8 Å². The summed E-state index contributed by atoms with van der Waals surface area (Å²) in [6.07, 6.45) is 47.5. The number of allylic oxidation sites excluding steroid dienone is 8. The predicted molar refractivity (Wildman–Crippen MR) is 335 cm³/mol. The van der Waals surface area contributed by atoms with Gasteiger partial charge in [-0.15, -0.1) is 22.7 Å². The molecule has 9 rings (SSSR count). The lowest BCUT2D eigenvalue weighted by Crippen LogP contribution is -2.14. The van der Waals surface area contributed by atoms with Crippen LogP contribution in [0.5, 0.6) is 0 Å². The number of fused-ring (bicyclic) bond motifs is 4. The number of benzene rings is 3. The molecule has 3 aromatic heterocycles. The van der Waals surface area contributed by atoms with E-state index in [2.05, 4.69) is 139 Å². The Kier molecular flexibility index (Phi) is 20.9. The molecule has 4 heteroatoms. The van der Waals surface area contributed by atoms with Crippen LogP contribution in [0.2, 0.25) is 0 Å². The van der Waals surface area contributed by atoms with Crippen molar-refractivity contribution in [2.45, 2.75) is 227 Å². The van der Waals surface area contributed by atoms with Crippen LogP contribution in [-0.4, -0.2) is 9.97 Å². The maximum absolute atomic E-state index is 5.87. The topological polar surface area (TPSA) is 25.8 Å². The van der Waals surface area contributed by atoms with Crippen molar-refractivity contribution < 1.29 is 0 Å². The summed E-state index contributed by atoms with van der Waals surface area (Å²) < 4.78 is 2.86. The minimum atomic E-state index is 0.264. The second-order valence-corrected chi connectivity index (χ2v) is 25.5. The summed E-state index contributed by atoms with van der Waals surface area (Å²) in [5, 5.41) is 0. The zero-order chi connectivity index (χ0) is 52.6. The molecule has 2 atom stereocenters. The molecule has 2 nitrogen and oxygen atoms in total. The molecular formula is C72H92N2S2. The summed E-state index contributed by atoms with van der Waals surface area (Å²) in [5.41, 5.74) is 20.5.